The summed E-state index contributed by atoms with van der Waals surface area (Å²) in [5.74, 6) is 0. The highest BCUT2D eigenvalue weighted by Gasteiger charge is 2.43. The van der Waals surface area contributed by atoms with Crippen LogP contribution < -0.4 is 0 Å². The van der Waals surface area contributed by atoms with Gasteiger partial charge in [-0.25, -0.2) is 0 Å². The second-order valence-electron chi connectivity index (χ2n) is 4.19. The fourth-order valence-corrected chi connectivity index (χ4v) is 2.70. The lowest BCUT2D eigenvalue weighted by Crippen LogP contribution is -2.05. The van der Waals surface area contributed by atoms with Crippen molar-refractivity contribution < 1.29 is 0 Å². The highest BCUT2D eigenvalue weighted by atomic mass is 35.5. The molecule has 1 aromatic rings. The van der Waals surface area contributed by atoms with Gasteiger partial charge in [-0.05, 0) is 48.4 Å². The lowest BCUT2D eigenvalue weighted by Gasteiger charge is -2.15. The van der Waals surface area contributed by atoms with Crippen molar-refractivity contribution in [1.82, 2.24) is 0 Å². The Labute approximate surface area is 95.2 Å². The van der Waals surface area contributed by atoms with Crippen LogP contribution in [0.5, 0.6) is 0 Å². The van der Waals surface area contributed by atoms with Crippen LogP contribution in [0.15, 0.2) is 18.2 Å². The molecule has 1 aromatic carbocycles. The zero-order valence-corrected chi connectivity index (χ0v) is 9.83. The van der Waals surface area contributed by atoms with Crippen molar-refractivity contribution in [3.63, 3.8) is 0 Å². The van der Waals surface area contributed by atoms with Gasteiger partial charge in [-0.3, -0.25) is 0 Å². The van der Waals surface area contributed by atoms with Crippen LogP contribution in [0.1, 0.15) is 38.2 Å². The summed E-state index contributed by atoms with van der Waals surface area (Å²) in [6, 6.07) is 5.93. The molecule has 0 heterocycles. The lowest BCUT2D eigenvalue weighted by atomic mass is 9.91. The first-order valence-electron chi connectivity index (χ1n) is 5.13. The van der Waals surface area contributed by atoms with Gasteiger partial charge in [0, 0.05) is 10.0 Å². The predicted octanol–water partition coefficient (Wildman–Crippen LogP) is 4.83. The quantitative estimate of drug-likeness (QED) is 0.696. The molecule has 1 fully saturated rings. The molecule has 1 saturated carbocycles. The Hall–Kier alpha value is -0.200. The van der Waals surface area contributed by atoms with Gasteiger partial charge in [0.1, 0.15) is 0 Å². The average molecular weight is 229 g/mol. The van der Waals surface area contributed by atoms with Crippen LogP contribution in [0.3, 0.4) is 0 Å². The molecule has 0 radical (unpaired) electrons. The summed E-state index contributed by atoms with van der Waals surface area (Å²) in [6.07, 6.45) is 5.06. The van der Waals surface area contributed by atoms with E-state index < -0.39 is 0 Å². The van der Waals surface area contributed by atoms with Gasteiger partial charge >= 0.3 is 0 Å². The van der Waals surface area contributed by atoms with Gasteiger partial charge in [0.2, 0.25) is 0 Å². The van der Waals surface area contributed by atoms with Crippen LogP contribution in [-0.2, 0) is 5.41 Å². The van der Waals surface area contributed by atoms with Gasteiger partial charge < -0.3 is 0 Å². The Bertz CT molecular complexity index is 320. The topological polar surface area (TPSA) is 0 Å². The van der Waals surface area contributed by atoms with Gasteiger partial charge in [0.25, 0.3) is 0 Å². The van der Waals surface area contributed by atoms with E-state index in [-0.39, 0.29) is 0 Å². The number of hydrogen-bond acceptors (Lipinski definition) is 0. The molecular formula is C12H14Cl2. The van der Waals surface area contributed by atoms with Crippen molar-refractivity contribution >= 4 is 23.2 Å². The van der Waals surface area contributed by atoms with E-state index in [1.807, 2.05) is 0 Å². The van der Waals surface area contributed by atoms with Crippen LogP contribution in [-0.4, -0.2) is 0 Å². The molecule has 0 saturated heterocycles. The van der Waals surface area contributed by atoms with Crippen molar-refractivity contribution in [2.24, 2.45) is 0 Å². The van der Waals surface area contributed by atoms with Gasteiger partial charge in [-0.15, -0.1) is 0 Å². The van der Waals surface area contributed by atoms with Gasteiger partial charge in [0.05, 0.1) is 0 Å². The Kier molecular flexibility index (Phi) is 2.77. The summed E-state index contributed by atoms with van der Waals surface area (Å²) >= 11 is 12.0. The molecule has 2 heteroatoms. The van der Waals surface area contributed by atoms with Gasteiger partial charge in [0.15, 0.2) is 0 Å². The van der Waals surface area contributed by atoms with Crippen molar-refractivity contribution in [3.05, 3.63) is 33.8 Å². The van der Waals surface area contributed by atoms with Crippen LogP contribution in [0.4, 0.5) is 0 Å². The maximum Gasteiger partial charge on any atom is 0.0423 e. The van der Waals surface area contributed by atoms with E-state index in [1.165, 1.54) is 31.2 Å². The third-order valence-corrected chi connectivity index (χ3v) is 3.49. The minimum Gasteiger partial charge on any atom is -0.0843 e. The van der Waals surface area contributed by atoms with Crippen LogP contribution >= 0.6 is 23.2 Å². The average Bonchev–Trinajstić information content (AvgIpc) is 2.84. The Morgan fingerprint density at radius 2 is 1.71 bits per heavy atom. The Morgan fingerprint density at radius 3 is 2.14 bits per heavy atom. The summed E-state index contributed by atoms with van der Waals surface area (Å²) in [7, 11) is 0. The van der Waals surface area contributed by atoms with Crippen molar-refractivity contribution in [1.29, 1.82) is 0 Å². The van der Waals surface area contributed by atoms with E-state index in [1.54, 1.807) is 6.07 Å². The smallest absolute Gasteiger partial charge is 0.0423 e. The van der Waals surface area contributed by atoms with Gasteiger partial charge in [-0.2, -0.15) is 0 Å². The molecule has 0 bridgehead atoms. The molecule has 0 unspecified atom stereocenters. The number of benzene rings is 1. The first-order chi connectivity index (χ1) is 6.66. The van der Waals surface area contributed by atoms with Crippen molar-refractivity contribution in [2.75, 3.05) is 0 Å². The first-order valence-corrected chi connectivity index (χ1v) is 5.88. The number of halogens is 2. The normalized spacial score (nSPS) is 18.2. The standard InChI is InChI=1S/C12H14Cl2/c1-2-3-12(4-5-12)9-6-10(13)8-11(14)7-9/h6-8H,2-5H2,1H3. The first kappa shape index (κ1) is 10.3. The summed E-state index contributed by atoms with van der Waals surface area (Å²) < 4.78 is 0. The van der Waals surface area contributed by atoms with E-state index in [9.17, 15) is 0 Å². The second kappa shape index (κ2) is 3.75. The highest BCUT2D eigenvalue weighted by molar-refractivity contribution is 6.34. The molecular weight excluding hydrogens is 215 g/mol. The minimum absolute atomic E-state index is 0.406. The maximum atomic E-state index is 6.00. The molecule has 0 atom stereocenters. The number of hydrogen-bond donors (Lipinski definition) is 0. The monoisotopic (exact) mass is 228 g/mol. The third kappa shape index (κ3) is 1.92. The third-order valence-electron chi connectivity index (χ3n) is 3.06. The fraction of sp³-hybridized carbons (Fsp3) is 0.500. The molecule has 14 heavy (non-hydrogen) atoms. The molecule has 0 aliphatic heterocycles. The molecule has 1 aliphatic rings. The van der Waals surface area contributed by atoms with Crippen LogP contribution in [0.2, 0.25) is 10.0 Å². The Balaban J connectivity index is 2.32. The van der Waals surface area contributed by atoms with Gasteiger partial charge in [-0.1, -0.05) is 36.5 Å². The molecule has 1 aliphatic carbocycles. The molecule has 0 amide bonds. The molecule has 2 rings (SSSR count). The van der Waals surface area contributed by atoms with Crippen molar-refractivity contribution in [2.45, 2.75) is 38.0 Å². The van der Waals surface area contributed by atoms with E-state index in [0.29, 0.717) is 5.41 Å². The molecule has 0 spiro atoms. The SMILES string of the molecule is CCCC1(c2cc(Cl)cc(Cl)c2)CC1. The van der Waals surface area contributed by atoms with Crippen molar-refractivity contribution in [3.8, 4) is 0 Å². The van der Waals surface area contributed by atoms with E-state index >= 15 is 0 Å². The largest absolute Gasteiger partial charge is 0.0843 e. The Morgan fingerprint density at radius 1 is 1.14 bits per heavy atom. The van der Waals surface area contributed by atoms with Crippen LogP contribution in [0, 0.1) is 0 Å². The molecule has 76 valence electrons. The van der Waals surface area contributed by atoms with E-state index in [2.05, 4.69) is 19.1 Å². The zero-order chi connectivity index (χ0) is 10.2. The van der Waals surface area contributed by atoms with Crippen LogP contribution in [0.25, 0.3) is 0 Å². The molecule has 0 aromatic heterocycles. The fourth-order valence-electron chi connectivity index (χ4n) is 2.17. The van der Waals surface area contributed by atoms with E-state index in [4.69, 9.17) is 23.2 Å². The number of rotatable bonds is 3. The second-order valence-corrected chi connectivity index (χ2v) is 5.06. The summed E-state index contributed by atoms with van der Waals surface area (Å²) in [5.41, 5.74) is 1.74. The summed E-state index contributed by atoms with van der Waals surface area (Å²) in [5, 5.41) is 1.52. The maximum absolute atomic E-state index is 6.00. The molecule has 0 nitrogen and oxygen atoms in total. The zero-order valence-electron chi connectivity index (χ0n) is 8.32. The highest BCUT2D eigenvalue weighted by Crippen LogP contribution is 2.52. The minimum atomic E-state index is 0.406. The predicted molar refractivity (Wildman–Crippen MR) is 62.3 cm³/mol. The summed E-state index contributed by atoms with van der Waals surface area (Å²) in [4.78, 5) is 0. The van der Waals surface area contributed by atoms with E-state index in [0.717, 1.165) is 10.0 Å². The molecule has 0 N–H and O–H groups in total. The summed E-state index contributed by atoms with van der Waals surface area (Å²) in [6.45, 7) is 2.23. The lowest BCUT2D eigenvalue weighted by molar-refractivity contribution is 0.607.